The second kappa shape index (κ2) is 8.38. The lowest BCUT2D eigenvalue weighted by atomic mass is 9.98. The zero-order chi connectivity index (χ0) is 19.4. The van der Waals surface area contributed by atoms with Crippen molar-refractivity contribution in [2.24, 2.45) is 5.92 Å². The number of rotatable bonds is 6. The van der Waals surface area contributed by atoms with E-state index in [1.165, 1.54) is 11.1 Å². The average molecular weight is 364 g/mol. The molecule has 1 aliphatic rings. The molecule has 3 rings (SSSR count). The maximum absolute atomic E-state index is 12.6. The zero-order valence-electron chi connectivity index (χ0n) is 16.4. The van der Waals surface area contributed by atoms with Crippen LogP contribution < -0.4 is 10.2 Å². The predicted octanol–water partition coefficient (Wildman–Crippen LogP) is 4.75. The molecular weight excluding hydrogens is 336 g/mol. The summed E-state index contributed by atoms with van der Waals surface area (Å²) in [5.74, 6) is 0.103. The molecule has 0 saturated carbocycles. The topological polar surface area (TPSA) is 49.4 Å². The molecule has 1 N–H and O–H groups in total. The van der Waals surface area contributed by atoms with E-state index < -0.39 is 0 Å². The van der Waals surface area contributed by atoms with E-state index >= 15 is 0 Å². The van der Waals surface area contributed by atoms with Crippen molar-refractivity contribution in [3.8, 4) is 0 Å². The molecule has 2 aromatic carbocycles. The van der Waals surface area contributed by atoms with Crippen LogP contribution in [0.2, 0.25) is 0 Å². The smallest absolute Gasteiger partial charge is 0.229 e. The summed E-state index contributed by atoms with van der Waals surface area (Å²) in [6.45, 7) is 6.89. The molecule has 0 spiro atoms. The van der Waals surface area contributed by atoms with Crippen molar-refractivity contribution in [1.29, 1.82) is 0 Å². The van der Waals surface area contributed by atoms with Gasteiger partial charge in [-0.25, -0.2) is 0 Å². The third-order valence-corrected chi connectivity index (χ3v) is 5.51. The molecule has 142 valence electrons. The van der Waals surface area contributed by atoms with Gasteiger partial charge in [0.15, 0.2) is 0 Å². The molecule has 1 aliphatic heterocycles. The van der Waals surface area contributed by atoms with Crippen molar-refractivity contribution in [1.82, 2.24) is 0 Å². The van der Waals surface area contributed by atoms with Crippen LogP contribution in [0.3, 0.4) is 0 Å². The van der Waals surface area contributed by atoms with Crippen molar-refractivity contribution in [2.45, 2.75) is 46.0 Å². The molecule has 2 amide bonds. The highest BCUT2D eigenvalue weighted by Gasteiger charge is 2.35. The Balaban J connectivity index is 1.63. The molecule has 2 atom stereocenters. The van der Waals surface area contributed by atoms with Crippen LogP contribution in [0, 0.1) is 5.92 Å². The van der Waals surface area contributed by atoms with Crippen LogP contribution in [0.1, 0.15) is 50.7 Å². The summed E-state index contributed by atoms with van der Waals surface area (Å²) in [7, 11) is 0. The molecule has 2 aromatic rings. The second-order valence-electron chi connectivity index (χ2n) is 7.35. The Morgan fingerprint density at radius 1 is 1.11 bits per heavy atom. The first-order valence-corrected chi connectivity index (χ1v) is 9.82. The number of amides is 2. The minimum atomic E-state index is -0.322. The van der Waals surface area contributed by atoms with Crippen LogP contribution in [0.25, 0.3) is 0 Å². The standard InChI is InChI=1S/C23H28N2O2/c1-4-16(3)18-8-10-20(11-9-18)24-23(27)19-14-22(26)25(15-19)21-12-6-17(5-2)7-13-21/h6-13,16,19H,4-5,14-15H2,1-3H3,(H,24,27)/t16-,19+/m0/s1. The van der Waals surface area contributed by atoms with E-state index in [0.29, 0.717) is 12.5 Å². The van der Waals surface area contributed by atoms with Crippen molar-refractivity contribution >= 4 is 23.2 Å². The van der Waals surface area contributed by atoms with Crippen molar-refractivity contribution in [3.63, 3.8) is 0 Å². The number of benzene rings is 2. The molecule has 4 nitrogen and oxygen atoms in total. The number of hydrogen-bond acceptors (Lipinski definition) is 2. The van der Waals surface area contributed by atoms with Gasteiger partial charge in [0.05, 0.1) is 5.92 Å². The van der Waals surface area contributed by atoms with Crippen LogP contribution in [0.4, 0.5) is 11.4 Å². The molecule has 1 fully saturated rings. The van der Waals surface area contributed by atoms with E-state index in [1.807, 2.05) is 36.4 Å². The van der Waals surface area contributed by atoms with Gasteiger partial charge >= 0.3 is 0 Å². The molecule has 1 saturated heterocycles. The molecule has 1 heterocycles. The van der Waals surface area contributed by atoms with Crippen LogP contribution in [-0.4, -0.2) is 18.4 Å². The Hall–Kier alpha value is -2.62. The maximum atomic E-state index is 12.6. The molecule has 0 unspecified atom stereocenters. The highest BCUT2D eigenvalue weighted by molar-refractivity contribution is 6.03. The molecule has 4 heteroatoms. The summed E-state index contributed by atoms with van der Waals surface area (Å²) in [5.41, 5.74) is 4.16. The van der Waals surface area contributed by atoms with Gasteiger partial charge in [-0.05, 0) is 54.2 Å². The Bertz CT molecular complexity index is 796. The zero-order valence-corrected chi connectivity index (χ0v) is 16.4. The molecule has 0 bridgehead atoms. The lowest BCUT2D eigenvalue weighted by Crippen LogP contribution is -2.28. The van der Waals surface area contributed by atoms with Gasteiger partial charge in [0.25, 0.3) is 0 Å². The van der Waals surface area contributed by atoms with Gasteiger partial charge in [0, 0.05) is 24.3 Å². The summed E-state index contributed by atoms with van der Waals surface area (Å²) in [4.78, 5) is 26.7. The number of anilines is 2. The summed E-state index contributed by atoms with van der Waals surface area (Å²) in [6, 6.07) is 16.0. The Morgan fingerprint density at radius 3 is 2.37 bits per heavy atom. The largest absolute Gasteiger partial charge is 0.326 e. The van der Waals surface area contributed by atoms with Crippen LogP contribution >= 0.6 is 0 Å². The second-order valence-corrected chi connectivity index (χ2v) is 7.35. The third kappa shape index (κ3) is 4.38. The first-order valence-electron chi connectivity index (χ1n) is 9.82. The van der Waals surface area contributed by atoms with Crippen molar-refractivity contribution in [2.75, 3.05) is 16.8 Å². The molecule has 0 aromatic heterocycles. The number of carbonyl (C=O) groups is 2. The minimum Gasteiger partial charge on any atom is -0.326 e. The van der Waals surface area contributed by atoms with Gasteiger partial charge in [-0.2, -0.15) is 0 Å². The monoisotopic (exact) mass is 364 g/mol. The highest BCUT2D eigenvalue weighted by Crippen LogP contribution is 2.27. The number of carbonyl (C=O) groups excluding carboxylic acids is 2. The summed E-state index contributed by atoms with van der Waals surface area (Å²) >= 11 is 0. The number of hydrogen-bond donors (Lipinski definition) is 1. The van der Waals surface area contributed by atoms with Gasteiger partial charge in [-0.3, -0.25) is 9.59 Å². The summed E-state index contributed by atoms with van der Waals surface area (Å²) in [6.07, 6.45) is 2.31. The minimum absolute atomic E-state index is 0.00603. The fourth-order valence-electron chi connectivity index (χ4n) is 3.42. The van der Waals surface area contributed by atoms with Gasteiger partial charge in [-0.1, -0.05) is 45.0 Å². The van der Waals surface area contributed by atoms with Gasteiger partial charge in [0.2, 0.25) is 11.8 Å². The van der Waals surface area contributed by atoms with Crippen LogP contribution in [0.5, 0.6) is 0 Å². The van der Waals surface area contributed by atoms with Gasteiger partial charge in [0.1, 0.15) is 0 Å². The Morgan fingerprint density at radius 2 is 1.78 bits per heavy atom. The fraction of sp³-hybridized carbons (Fsp3) is 0.391. The van der Waals surface area contributed by atoms with Crippen LogP contribution in [0.15, 0.2) is 48.5 Å². The Kier molecular flexibility index (Phi) is 5.94. The third-order valence-electron chi connectivity index (χ3n) is 5.51. The SMILES string of the molecule is CCc1ccc(N2C[C@H](C(=O)Nc3ccc([C@@H](C)CC)cc3)CC2=O)cc1. The van der Waals surface area contributed by atoms with Gasteiger partial charge < -0.3 is 10.2 Å². The number of nitrogens with one attached hydrogen (secondary N) is 1. The normalized spacial score (nSPS) is 17.8. The van der Waals surface area contributed by atoms with Gasteiger partial charge in [-0.15, -0.1) is 0 Å². The quantitative estimate of drug-likeness (QED) is 0.804. The fourth-order valence-corrected chi connectivity index (χ4v) is 3.42. The van der Waals surface area contributed by atoms with Crippen LogP contribution in [-0.2, 0) is 16.0 Å². The molecule has 0 radical (unpaired) electrons. The predicted molar refractivity (Wildman–Crippen MR) is 110 cm³/mol. The molecule has 27 heavy (non-hydrogen) atoms. The van der Waals surface area contributed by atoms with E-state index in [9.17, 15) is 9.59 Å². The van der Waals surface area contributed by atoms with E-state index in [-0.39, 0.29) is 24.2 Å². The van der Waals surface area contributed by atoms with Crippen molar-refractivity contribution in [3.05, 3.63) is 59.7 Å². The highest BCUT2D eigenvalue weighted by atomic mass is 16.2. The van der Waals surface area contributed by atoms with E-state index in [4.69, 9.17) is 0 Å². The lowest BCUT2D eigenvalue weighted by molar-refractivity contribution is -0.122. The van der Waals surface area contributed by atoms with E-state index in [0.717, 1.165) is 24.2 Å². The Labute approximate surface area is 161 Å². The molecule has 0 aliphatic carbocycles. The number of nitrogens with zero attached hydrogens (tertiary/aromatic N) is 1. The number of aryl methyl sites for hydroxylation is 1. The summed E-state index contributed by atoms with van der Waals surface area (Å²) < 4.78 is 0. The van der Waals surface area contributed by atoms with Crippen molar-refractivity contribution < 1.29 is 9.59 Å². The average Bonchev–Trinajstić information content (AvgIpc) is 3.10. The molecular formula is C23H28N2O2. The first kappa shape index (κ1) is 19.2. The first-order chi connectivity index (χ1) is 13.0. The maximum Gasteiger partial charge on any atom is 0.229 e. The lowest BCUT2D eigenvalue weighted by Gasteiger charge is -2.17. The van der Waals surface area contributed by atoms with E-state index in [2.05, 4.69) is 38.2 Å². The summed E-state index contributed by atoms with van der Waals surface area (Å²) in [5, 5.41) is 2.96. The van der Waals surface area contributed by atoms with E-state index in [1.54, 1.807) is 4.90 Å².